The van der Waals surface area contributed by atoms with Gasteiger partial charge in [-0.3, -0.25) is 37.3 Å². The van der Waals surface area contributed by atoms with Crippen molar-refractivity contribution in [2.24, 2.45) is 5.92 Å². The molecule has 0 saturated carbocycles. The first kappa shape index (κ1) is 89.5. The number of unbranched alkanes of at least 4 members (excludes halogenated alkanes) is 39. The smallest absolute Gasteiger partial charge is 0.462 e. The summed E-state index contributed by atoms with van der Waals surface area (Å²) in [6.45, 7) is 7.14. The van der Waals surface area contributed by atoms with Crippen molar-refractivity contribution in [3.05, 3.63) is 24.3 Å². The molecule has 0 aromatic rings. The highest BCUT2D eigenvalue weighted by Crippen LogP contribution is 2.45. The number of allylic oxidation sites excluding steroid dienone is 4. The number of hydrogen-bond acceptors (Lipinski definition) is 15. The van der Waals surface area contributed by atoms with E-state index in [-0.39, 0.29) is 25.7 Å². The maximum atomic E-state index is 13.0. The van der Waals surface area contributed by atoms with E-state index in [2.05, 4.69) is 58.9 Å². The molecule has 0 aliphatic carbocycles. The molecule has 0 radical (unpaired) electrons. The van der Waals surface area contributed by atoms with E-state index in [0.29, 0.717) is 25.7 Å². The molecule has 542 valence electrons. The zero-order chi connectivity index (χ0) is 67.7. The van der Waals surface area contributed by atoms with Gasteiger partial charge in [-0.1, -0.05) is 303 Å². The van der Waals surface area contributed by atoms with Crippen LogP contribution in [-0.2, 0) is 65.4 Å². The van der Waals surface area contributed by atoms with Crippen LogP contribution >= 0.6 is 15.6 Å². The zero-order valence-corrected chi connectivity index (χ0v) is 61.0. The van der Waals surface area contributed by atoms with Crippen molar-refractivity contribution in [3.8, 4) is 0 Å². The van der Waals surface area contributed by atoms with Crippen molar-refractivity contribution in [2.45, 2.75) is 374 Å². The normalized spacial score (nSPS) is 14.5. The standard InChI is InChI=1S/C73H138O17P2/c1-6-10-13-16-19-22-25-27-29-30-32-34-36-39-42-48-53-58-72(77)89-68(62-83-71(76)57-52-47-41-38-35-33-31-28-26-23-20-17-14-11-7-2)64-87-91(79,80)85-60-67(74)61-86-92(81,82)88-65-69(90-73(78)59-54-49-44-43-45-50-55-66(5)9-4)63-84-70(75)56-51-46-40-37-24-21-18-15-12-8-3/h23,26,28,31,66-69,74H,6-22,24-25,27,29-30,32-65H2,1-5H3,(H,79,80)(H,81,82)/b26-23-,31-28-/t66?,67-,68-,69-/m1/s1. The van der Waals surface area contributed by atoms with Crippen LogP contribution in [0.5, 0.6) is 0 Å². The lowest BCUT2D eigenvalue weighted by Gasteiger charge is -2.21. The second-order valence-electron chi connectivity index (χ2n) is 25.9. The van der Waals surface area contributed by atoms with Gasteiger partial charge in [-0.25, -0.2) is 9.13 Å². The zero-order valence-electron chi connectivity index (χ0n) is 59.2. The van der Waals surface area contributed by atoms with Gasteiger partial charge in [0.05, 0.1) is 26.4 Å². The first-order valence-corrected chi connectivity index (χ1v) is 40.5. The van der Waals surface area contributed by atoms with Gasteiger partial charge in [0.2, 0.25) is 0 Å². The molecular formula is C73H138O17P2. The van der Waals surface area contributed by atoms with Gasteiger partial charge in [0.25, 0.3) is 0 Å². The van der Waals surface area contributed by atoms with Gasteiger partial charge in [-0.05, 0) is 57.3 Å². The second kappa shape index (κ2) is 65.8. The lowest BCUT2D eigenvalue weighted by atomic mass is 10.00. The lowest BCUT2D eigenvalue weighted by Crippen LogP contribution is -2.30. The summed E-state index contributed by atoms with van der Waals surface area (Å²) in [6.07, 6.45) is 56.3. The predicted molar refractivity (Wildman–Crippen MR) is 372 cm³/mol. The summed E-state index contributed by atoms with van der Waals surface area (Å²) in [7, 11) is -9.91. The Hall–Kier alpha value is -2.46. The molecule has 0 aromatic carbocycles. The highest BCUT2D eigenvalue weighted by atomic mass is 31.2. The summed E-state index contributed by atoms with van der Waals surface area (Å²) in [5.74, 6) is -1.43. The number of aliphatic hydroxyl groups excluding tert-OH is 1. The molecule has 19 heteroatoms. The molecule has 92 heavy (non-hydrogen) atoms. The van der Waals surface area contributed by atoms with Crippen LogP contribution < -0.4 is 0 Å². The van der Waals surface area contributed by atoms with Crippen LogP contribution in [0.2, 0.25) is 0 Å². The molecule has 3 unspecified atom stereocenters. The van der Waals surface area contributed by atoms with Crippen molar-refractivity contribution in [2.75, 3.05) is 39.6 Å². The topological polar surface area (TPSA) is 237 Å². The minimum atomic E-state index is -4.96. The van der Waals surface area contributed by atoms with E-state index < -0.39 is 97.5 Å². The first-order valence-electron chi connectivity index (χ1n) is 37.5. The van der Waals surface area contributed by atoms with Crippen LogP contribution in [0, 0.1) is 5.92 Å². The molecule has 0 fully saturated rings. The van der Waals surface area contributed by atoms with Crippen LogP contribution in [0.3, 0.4) is 0 Å². The summed E-state index contributed by atoms with van der Waals surface area (Å²) >= 11 is 0. The Labute approximate surface area is 561 Å². The summed E-state index contributed by atoms with van der Waals surface area (Å²) in [5, 5.41) is 10.6. The Bertz CT molecular complexity index is 1870. The molecule has 0 heterocycles. The van der Waals surface area contributed by atoms with Gasteiger partial charge < -0.3 is 33.8 Å². The van der Waals surface area contributed by atoms with E-state index >= 15 is 0 Å². The summed E-state index contributed by atoms with van der Waals surface area (Å²) in [6, 6.07) is 0. The van der Waals surface area contributed by atoms with Gasteiger partial charge in [0.15, 0.2) is 12.2 Å². The van der Waals surface area contributed by atoms with Crippen LogP contribution in [-0.4, -0.2) is 96.7 Å². The van der Waals surface area contributed by atoms with E-state index in [1.54, 1.807) is 0 Å². The number of phosphoric acid groups is 2. The molecule has 0 aromatic heterocycles. The lowest BCUT2D eigenvalue weighted by molar-refractivity contribution is -0.161. The van der Waals surface area contributed by atoms with E-state index in [0.717, 1.165) is 115 Å². The van der Waals surface area contributed by atoms with Gasteiger partial charge >= 0.3 is 39.5 Å². The number of carbonyl (C=O) groups is 4. The number of hydrogen-bond donors (Lipinski definition) is 3. The molecule has 0 rings (SSSR count). The number of esters is 4. The van der Waals surface area contributed by atoms with Gasteiger partial charge in [-0.15, -0.1) is 0 Å². The fourth-order valence-electron chi connectivity index (χ4n) is 10.6. The Morgan fingerprint density at radius 3 is 0.924 bits per heavy atom. The maximum absolute atomic E-state index is 13.0. The van der Waals surface area contributed by atoms with Crippen LogP contribution in [0.25, 0.3) is 0 Å². The molecule has 0 aliphatic heterocycles. The van der Waals surface area contributed by atoms with E-state index in [9.17, 15) is 43.2 Å². The molecular weight excluding hydrogens is 1210 g/mol. The van der Waals surface area contributed by atoms with Crippen LogP contribution in [0.4, 0.5) is 0 Å². The molecule has 6 atom stereocenters. The van der Waals surface area contributed by atoms with Crippen molar-refractivity contribution < 1.29 is 80.2 Å². The third kappa shape index (κ3) is 64.9. The molecule has 0 saturated heterocycles. The highest BCUT2D eigenvalue weighted by Gasteiger charge is 2.30. The van der Waals surface area contributed by atoms with E-state index in [4.69, 9.17) is 37.0 Å². The first-order chi connectivity index (χ1) is 44.6. The third-order valence-corrected chi connectivity index (χ3v) is 18.7. The average molecular weight is 1350 g/mol. The quantitative estimate of drug-likeness (QED) is 0.0169. The molecule has 0 aliphatic rings. The number of carbonyl (C=O) groups excluding carboxylic acids is 4. The van der Waals surface area contributed by atoms with Crippen LogP contribution in [0.1, 0.15) is 356 Å². The van der Waals surface area contributed by atoms with Gasteiger partial charge in [-0.2, -0.15) is 0 Å². The SMILES string of the molecule is CCCCCC/C=C\C=C/CCCCCCCC(=O)OC[C@H](COP(=O)(O)OC[C@@H](O)COP(=O)(O)OC[C@@H](COC(=O)CCCCCCCCCCCC)OC(=O)CCCCCCCCC(C)CC)OC(=O)CCCCCCCCCCCCCCCCCCC. The summed E-state index contributed by atoms with van der Waals surface area (Å²) in [4.78, 5) is 72.6. The Morgan fingerprint density at radius 2 is 0.609 bits per heavy atom. The number of aliphatic hydroxyl groups is 1. The summed E-state index contributed by atoms with van der Waals surface area (Å²) in [5.41, 5.74) is 0. The largest absolute Gasteiger partial charge is 0.472 e. The molecule has 0 amide bonds. The maximum Gasteiger partial charge on any atom is 0.472 e. The molecule has 17 nitrogen and oxygen atoms in total. The monoisotopic (exact) mass is 1350 g/mol. The minimum absolute atomic E-state index is 0.101. The summed E-state index contributed by atoms with van der Waals surface area (Å²) < 4.78 is 68.3. The van der Waals surface area contributed by atoms with Crippen molar-refractivity contribution in [3.63, 3.8) is 0 Å². The van der Waals surface area contributed by atoms with E-state index in [1.807, 2.05) is 0 Å². The Kier molecular flexibility index (Phi) is 64.0. The number of phosphoric ester groups is 2. The van der Waals surface area contributed by atoms with Gasteiger partial charge in [0.1, 0.15) is 19.3 Å². The van der Waals surface area contributed by atoms with Crippen molar-refractivity contribution in [1.82, 2.24) is 0 Å². The van der Waals surface area contributed by atoms with Crippen molar-refractivity contribution >= 4 is 39.5 Å². The number of ether oxygens (including phenoxy) is 4. The highest BCUT2D eigenvalue weighted by molar-refractivity contribution is 7.47. The van der Waals surface area contributed by atoms with Crippen LogP contribution in [0.15, 0.2) is 24.3 Å². The van der Waals surface area contributed by atoms with E-state index in [1.165, 1.54) is 161 Å². The molecule has 0 bridgehead atoms. The molecule has 0 spiro atoms. The number of rotatable bonds is 71. The Balaban J connectivity index is 5.27. The van der Waals surface area contributed by atoms with Gasteiger partial charge in [0, 0.05) is 25.7 Å². The fourth-order valence-corrected chi connectivity index (χ4v) is 12.2. The van der Waals surface area contributed by atoms with Crippen molar-refractivity contribution in [1.29, 1.82) is 0 Å². The fraction of sp³-hybridized carbons (Fsp3) is 0.890. The average Bonchev–Trinajstić information content (AvgIpc) is 1.92. The third-order valence-electron chi connectivity index (χ3n) is 16.8. The predicted octanol–water partition coefficient (Wildman–Crippen LogP) is 20.9. The second-order valence-corrected chi connectivity index (χ2v) is 28.8. The Morgan fingerprint density at radius 1 is 0.348 bits per heavy atom. The molecule has 3 N–H and O–H groups in total. The minimum Gasteiger partial charge on any atom is -0.462 e.